The lowest BCUT2D eigenvalue weighted by Crippen LogP contribution is -2.41. The van der Waals surface area contributed by atoms with E-state index in [-0.39, 0.29) is 6.03 Å². The number of aromatic nitrogens is 2. The number of carbonyl (C=O) groups excluding carboxylic acids is 1. The minimum absolute atomic E-state index is 0.140. The molecule has 4 rings (SSSR count). The van der Waals surface area contributed by atoms with Crippen molar-refractivity contribution in [1.82, 2.24) is 20.4 Å². The molecule has 1 aliphatic heterocycles. The molecular formula is C17H19ClN4O3. The summed E-state index contributed by atoms with van der Waals surface area (Å²) in [5.41, 5.74) is 0.908. The summed E-state index contributed by atoms with van der Waals surface area (Å²) in [6.07, 6.45) is 2.80. The number of carbonyl (C=O) groups is 1. The van der Waals surface area contributed by atoms with Gasteiger partial charge in [0.15, 0.2) is 5.82 Å². The van der Waals surface area contributed by atoms with E-state index in [1.165, 1.54) is 0 Å². The van der Waals surface area contributed by atoms with Crippen LogP contribution in [-0.4, -0.2) is 40.8 Å². The number of hydrogen-bond donors (Lipinski definition) is 1. The smallest absolute Gasteiger partial charge is 0.317 e. The lowest BCUT2D eigenvalue weighted by atomic mass is 10.2. The molecule has 1 aliphatic carbocycles. The van der Waals surface area contributed by atoms with E-state index in [2.05, 4.69) is 15.5 Å². The molecule has 1 saturated carbocycles. The third kappa shape index (κ3) is 3.87. The van der Waals surface area contributed by atoms with Gasteiger partial charge in [0.2, 0.25) is 5.89 Å². The Bertz CT molecular complexity index is 775. The van der Waals surface area contributed by atoms with Crippen molar-refractivity contribution in [3.63, 3.8) is 0 Å². The summed E-state index contributed by atoms with van der Waals surface area (Å²) in [5, 5.41) is 7.50. The summed E-state index contributed by atoms with van der Waals surface area (Å²) in [6.45, 7) is 1.89. The van der Waals surface area contributed by atoms with Crippen molar-refractivity contribution >= 4 is 17.6 Å². The Morgan fingerprint density at radius 3 is 3.12 bits per heavy atom. The molecule has 2 aliphatic rings. The molecule has 0 atom stereocenters. The maximum absolute atomic E-state index is 12.4. The average molecular weight is 363 g/mol. The number of amides is 2. The van der Waals surface area contributed by atoms with E-state index >= 15 is 0 Å². The summed E-state index contributed by atoms with van der Waals surface area (Å²) in [6, 6.07) is 5.32. The highest BCUT2D eigenvalue weighted by molar-refractivity contribution is 6.30. The molecular weight excluding hydrogens is 344 g/mol. The fraction of sp³-hybridized carbons (Fsp3) is 0.471. The molecule has 1 N–H and O–H groups in total. The number of fused-ring (bicyclic) bond motifs is 1. The first-order chi connectivity index (χ1) is 12.2. The first kappa shape index (κ1) is 16.2. The van der Waals surface area contributed by atoms with E-state index in [4.69, 9.17) is 20.9 Å². The Hall–Kier alpha value is -2.28. The number of benzene rings is 1. The zero-order valence-corrected chi connectivity index (χ0v) is 14.5. The standard InChI is InChI=1S/C17H19ClN4O3/c18-13-3-4-14-12(9-13)10-22(7-8-24-14)17(23)19-6-5-15-20-16(21-25-15)11-1-2-11/h3-4,9,11H,1-2,5-8,10H2,(H,19,23). The summed E-state index contributed by atoms with van der Waals surface area (Å²) in [5.74, 6) is 2.60. The molecule has 0 radical (unpaired) electrons. The van der Waals surface area contributed by atoms with Crippen LogP contribution in [0.2, 0.25) is 5.02 Å². The average Bonchev–Trinajstić information content (AvgIpc) is 3.38. The second-order valence-electron chi connectivity index (χ2n) is 6.32. The van der Waals surface area contributed by atoms with Gasteiger partial charge in [0.25, 0.3) is 0 Å². The van der Waals surface area contributed by atoms with E-state index < -0.39 is 0 Å². The third-order valence-corrected chi connectivity index (χ3v) is 4.57. The predicted octanol–water partition coefficient (Wildman–Crippen LogP) is 2.75. The lowest BCUT2D eigenvalue weighted by Gasteiger charge is -2.20. The Morgan fingerprint density at radius 1 is 1.40 bits per heavy atom. The number of halogens is 1. The van der Waals surface area contributed by atoms with Crippen LogP contribution in [0.15, 0.2) is 22.7 Å². The molecule has 1 fully saturated rings. The van der Waals surface area contributed by atoms with Crippen LogP contribution >= 0.6 is 11.6 Å². The minimum atomic E-state index is -0.140. The van der Waals surface area contributed by atoms with Crippen LogP contribution < -0.4 is 10.1 Å². The van der Waals surface area contributed by atoms with Gasteiger partial charge >= 0.3 is 6.03 Å². The first-order valence-electron chi connectivity index (χ1n) is 8.45. The Labute approximate surface area is 150 Å². The molecule has 0 saturated heterocycles. The highest BCUT2D eigenvalue weighted by Crippen LogP contribution is 2.38. The van der Waals surface area contributed by atoms with Gasteiger partial charge in [0, 0.05) is 29.5 Å². The van der Waals surface area contributed by atoms with Crippen LogP contribution in [0.1, 0.15) is 36.0 Å². The fourth-order valence-electron chi connectivity index (χ4n) is 2.80. The van der Waals surface area contributed by atoms with E-state index in [9.17, 15) is 4.79 Å². The predicted molar refractivity (Wildman–Crippen MR) is 90.7 cm³/mol. The minimum Gasteiger partial charge on any atom is -0.491 e. The Morgan fingerprint density at radius 2 is 2.28 bits per heavy atom. The van der Waals surface area contributed by atoms with Gasteiger partial charge in [-0.3, -0.25) is 0 Å². The van der Waals surface area contributed by atoms with Gasteiger partial charge in [-0.1, -0.05) is 16.8 Å². The number of nitrogens with zero attached hydrogens (tertiary/aromatic N) is 3. The molecule has 7 nitrogen and oxygen atoms in total. The molecule has 2 aromatic rings. The van der Waals surface area contributed by atoms with Crippen LogP contribution in [0, 0.1) is 0 Å². The van der Waals surface area contributed by atoms with Crippen LogP contribution in [0.5, 0.6) is 5.75 Å². The molecule has 2 heterocycles. The molecule has 8 heteroatoms. The number of rotatable bonds is 4. The molecule has 132 valence electrons. The molecule has 0 spiro atoms. The van der Waals surface area contributed by atoms with Crippen molar-refractivity contribution in [3.8, 4) is 5.75 Å². The van der Waals surface area contributed by atoms with Crippen LogP contribution in [0.3, 0.4) is 0 Å². The van der Waals surface area contributed by atoms with Crippen molar-refractivity contribution in [3.05, 3.63) is 40.5 Å². The van der Waals surface area contributed by atoms with Gasteiger partial charge < -0.3 is 19.5 Å². The van der Waals surface area contributed by atoms with Gasteiger partial charge in [-0.15, -0.1) is 0 Å². The fourth-order valence-corrected chi connectivity index (χ4v) is 3.00. The number of ether oxygens (including phenoxy) is 1. The van der Waals surface area contributed by atoms with Crippen LogP contribution in [-0.2, 0) is 13.0 Å². The van der Waals surface area contributed by atoms with Gasteiger partial charge in [-0.05, 0) is 31.0 Å². The normalized spacial score (nSPS) is 16.8. The highest BCUT2D eigenvalue weighted by Gasteiger charge is 2.28. The van der Waals surface area contributed by atoms with Crippen LogP contribution in [0.4, 0.5) is 4.79 Å². The van der Waals surface area contributed by atoms with Crippen molar-refractivity contribution in [2.24, 2.45) is 0 Å². The third-order valence-electron chi connectivity index (χ3n) is 4.33. The number of urea groups is 1. The summed E-state index contributed by atoms with van der Waals surface area (Å²) in [7, 11) is 0. The summed E-state index contributed by atoms with van der Waals surface area (Å²) >= 11 is 6.04. The van der Waals surface area contributed by atoms with E-state index in [1.807, 2.05) is 12.1 Å². The largest absolute Gasteiger partial charge is 0.491 e. The van der Waals surface area contributed by atoms with Crippen molar-refractivity contribution in [2.45, 2.75) is 31.7 Å². The zero-order chi connectivity index (χ0) is 17.2. The van der Waals surface area contributed by atoms with Crippen molar-refractivity contribution in [2.75, 3.05) is 19.7 Å². The number of hydrogen-bond acceptors (Lipinski definition) is 5. The topological polar surface area (TPSA) is 80.5 Å². The van der Waals surface area contributed by atoms with Crippen molar-refractivity contribution in [1.29, 1.82) is 0 Å². The van der Waals surface area contributed by atoms with Gasteiger partial charge in [-0.2, -0.15) is 4.98 Å². The number of nitrogens with one attached hydrogen (secondary N) is 1. The zero-order valence-electron chi connectivity index (χ0n) is 13.7. The Kier molecular flexibility index (Phi) is 4.48. The maximum Gasteiger partial charge on any atom is 0.317 e. The summed E-state index contributed by atoms with van der Waals surface area (Å²) in [4.78, 5) is 18.5. The van der Waals surface area contributed by atoms with Gasteiger partial charge in [-0.25, -0.2) is 4.79 Å². The molecule has 2 amide bonds. The van der Waals surface area contributed by atoms with Crippen molar-refractivity contribution < 1.29 is 14.1 Å². The molecule has 0 bridgehead atoms. The summed E-state index contributed by atoms with van der Waals surface area (Å²) < 4.78 is 10.9. The lowest BCUT2D eigenvalue weighted by molar-refractivity contribution is 0.187. The van der Waals surface area contributed by atoms with Gasteiger partial charge in [0.05, 0.1) is 13.1 Å². The molecule has 1 aromatic heterocycles. The monoisotopic (exact) mass is 362 g/mol. The second-order valence-corrected chi connectivity index (χ2v) is 6.76. The molecule has 1 aromatic carbocycles. The SMILES string of the molecule is O=C(NCCc1nc(C2CC2)no1)N1CCOc2ccc(Cl)cc2C1. The maximum atomic E-state index is 12.4. The van der Waals surface area contributed by atoms with Crippen LogP contribution in [0.25, 0.3) is 0 Å². The van der Waals surface area contributed by atoms with E-state index in [0.717, 1.165) is 30.0 Å². The molecule has 0 unspecified atom stereocenters. The Balaban J connectivity index is 1.31. The first-order valence-corrected chi connectivity index (χ1v) is 8.83. The second kappa shape index (κ2) is 6.92. The highest BCUT2D eigenvalue weighted by atomic mass is 35.5. The van der Waals surface area contributed by atoms with Gasteiger partial charge in [0.1, 0.15) is 12.4 Å². The van der Waals surface area contributed by atoms with E-state index in [0.29, 0.717) is 49.5 Å². The molecule has 25 heavy (non-hydrogen) atoms. The van der Waals surface area contributed by atoms with E-state index in [1.54, 1.807) is 11.0 Å². The quantitative estimate of drug-likeness (QED) is 0.904.